The summed E-state index contributed by atoms with van der Waals surface area (Å²) in [4.78, 5) is 11.4. The first-order valence-electron chi connectivity index (χ1n) is 4.17. The molecule has 0 aromatic carbocycles. The van der Waals surface area contributed by atoms with Crippen LogP contribution in [0.3, 0.4) is 0 Å². The Hall–Kier alpha value is -1.03. The van der Waals surface area contributed by atoms with E-state index in [4.69, 9.17) is 14.2 Å². The van der Waals surface area contributed by atoms with Gasteiger partial charge in [0.1, 0.15) is 5.76 Å². The van der Waals surface area contributed by atoms with Gasteiger partial charge >= 0.3 is 0 Å². The van der Waals surface area contributed by atoms with Crippen LogP contribution in [0.1, 0.15) is 20.8 Å². The van der Waals surface area contributed by atoms with Crippen LogP contribution in [-0.4, -0.2) is 25.3 Å². The van der Waals surface area contributed by atoms with Crippen molar-refractivity contribution < 1.29 is 19.0 Å². The van der Waals surface area contributed by atoms with Gasteiger partial charge < -0.3 is 14.2 Å². The number of carbonyl (C=O) groups is 1. The molecule has 0 spiro atoms. The molecule has 2 unspecified atom stereocenters. The molecule has 0 saturated heterocycles. The minimum atomic E-state index is -0.431. The summed E-state index contributed by atoms with van der Waals surface area (Å²) in [5, 5.41) is 0. The maximum Gasteiger partial charge on any atom is 0.241 e. The van der Waals surface area contributed by atoms with Crippen molar-refractivity contribution in [2.24, 2.45) is 0 Å². The molecule has 4 nitrogen and oxygen atoms in total. The van der Waals surface area contributed by atoms with Crippen LogP contribution < -0.4 is 0 Å². The standard InChI is InChI=1S/C9H14O4/c1-5-8(10)9(6(2)12-5)13-7(3)11-4/h5,7H,1-4H3. The van der Waals surface area contributed by atoms with Crippen molar-refractivity contribution in [2.45, 2.75) is 33.2 Å². The molecule has 2 atom stereocenters. The Morgan fingerprint density at radius 1 is 1.54 bits per heavy atom. The second-order valence-corrected chi connectivity index (χ2v) is 2.93. The van der Waals surface area contributed by atoms with Crippen LogP contribution in [0, 0.1) is 0 Å². The number of ketones is 1. The van der Waals surface area contributed by atoms with E-state index in [1.807, 2.05) is 0 Å². The van der Waals surface area contributed by atoms with E-state index < -0.39 is 12.4 Å². The Morgan fingerprint density at radius 2 is 2.15 bits per heavy atom. The molecule has 0 N–H and O–H groups in total. The Morgan fingerprint density at radius 3 is 2.54 bits per heavy atom. The monoisotopic (exact) mass is 186 g/mol. The average Bonchev–Trinajstić information content (AvgIpc) is 2.32. The van der Waals surface area contributed by atoms with Crippen molar-refractivity contribution in [3.63, 3.8) is 0 Å². The number of methoxy groups -OCH3 is 1. The highest BCUT2D eigenvalue weighted by Gasteiger charge is 2.32. The van der Waals surface area contributed by atoms with Gasteiger partial charge in [-0.15, -0.1) is 0 Å². The van der Waals surface area contributed by atoms with E-state index in [0.29, 0.717) is 5.76 Å². The molecular formula is C9H14O4. The summed E-state index contributed by atoms with van der Waals surface area (Å²) in [6.45, 7) is 5.12. The number of hydrogen-bond acceptors (Lipinski definition) is 4. The Kier molecular flexibility index (Phi) is 2.93. The first-order valence-corrected chi connectivity index (χ1v) is 4.17. The summed E-state index contributed by atoms with van der Waals surface area (Å²) in [5.41, 5.74) is 0. The highest BCUT2D eigenvalue weighted by molar-refractivity contribution is 5.99. The number of Topliss-reactive ketones (excluding diaryl/α,β-unsaturated/α-hetero) is 1. The smallest absolute Gasteiger partial charge is 0.241 e. The summed E-state index contributed by atoms with van der Waals surface area (Å²) >= 11 is 0. The molecule has 0 amide bonds. The number of ether oxygens (including phenoxy) is 3. The number of hydrogen-bond donors (Lipinski definition) is 0. The van der Waals surface area contributed by atoms with Gasteiger partial charge in [0.2, 0.25) is 11.5 Å². The van der Waals surface area contributed by atoms with Crippen molar-refractivity contribution in [2.75, 3.05) is 7.11 Å². The lowest BCUT2D eigenvalue weighted by molar-refractivity contribution is -0.130. The zero-order valence-electron chi connectivity index (χ0n) is 8.29. The van der Waals surface area contributed by atoms with Crippen LogP contribution in [0.2, 0.25) is 0 Å². The maximum absolute atomic E-state index is 11.4. The Bertz CT molecular complexity index is 244. The van der Waals surface area contributed by atoms with Gasteiger partial charge in [-0.3, -0.25) is 4.79 Å². The van der Waals surface area contributed by atoms with E-state index in [1.54, 1.807) is 20.8 Å². The van der Waals surface area contributed by atoms with Gasteiger partial charge in [-0.2, -0.15) is 0 Å². The van der Waals surface area contributed by atoms with Crippen LogP contribution in [0.4, 0.5) is 0 Å². The largest absolute Gasteiger partial charge is 0.483 e. The molecule has 0 aliphatic carbocycles. The lowest BCUT2D eigenvalue weighted by Gasteiger charge is -2.11. The molecule has 0 bridgehead atoms. The molecule has 1 heterocycles. The van der Waals surface area contributed by atoms with E-state index in [2.05, 4.69) is 0 Å². The average molecular weight is 186 g/mol. The summed E-state index contributed by atoms with van der Waals surface area (Å²) < 4.78 is 15.3. The second kappa shape index (κ2) is 3.79. The minimum Gasteiger partial charge on any atom is -0.483 e. The van der Waals surface area contributed by atoms with Gasteiger partial charge in [-0.25, -0.2) is 0 Å². The van der Waals surface area contributed by atoms with Crippen molar-refractivity contribution in [3.8, 4) is 0 Å². The highest BCUT2D eigenvalue weighted by Crippen LogP contribution is 2.23. The van der Waals surface area contributed by atoms with Crippen LogP contribution in [-0.2, 0) is 19.0 Å². The van der Waals surface area contributed by atoms with E-state index in [0.717, 1.165) is 0 Å². The van der Waals surface area contributed by atoms with Gasteiger partial charge in [0, 0.05) is 7.11 Å². The van der Waals surface area contributed by atoms with Crippen molar-refractivity contribution in [3.05, 3.63) is 11.5 Å². The summed E-state index contributed by atoms with van der Waals surface area (Å²) in [5.74, 6) is 0.685. The third-order valence-corrected chi connectivity index (χ3v) is 1.88. The van der Waals surface area contributed by atoms with Crippen LogP contribution >= 0.6 is 0 Å². The molecule has 4 heteroatoms. The van der Waals surface area contributed by atoms with E-state index in [1.165, 1.54) is 7.11 Å². The molecule has 0 radical (unpaired) electrons. The lowest BCUT2D eigenvalue weighted by Crippen LogP contribution is -2.18. The predicted octanol–water partition coefficient (Wildman–Crippen LogP) is 1.21. The Balaban J connectivity index is 2.68. The van der Waals surface area contributed by atoms with Crippen LogP contribution in [0.25, 0.3) is 0 Å². The first-order chi connectivity index (χ1) is 6.06. The normalized spacial score (nSPS) is 24.6. The van der Waals surface area contributed by atoms with E-state index in [9.17, 15) is 4.79 Å². The summed E-state index contributed by atoms with van der Waals surface area (Å²) in [6.07, 6.45) is -0.859. The highest BCUT2D eigenvalue weighted by atomic mass is 16.7. The molecule has 1 aliphatic heterocycles. The number of carbonyl (C=O) groups excluding carboxylic acids is 1. The topological polar surface area (TPSA) is 44.8 Å². The fraction of sp³-hybridized carbons (Fsp3) is 0.667. The van der Waals surface area contributed by atoms with Crippen molar-refractivity contribution in [1.29, 1.82) is 0 Å². The number of rotatable bonds is 3. The van der Waals surface area contributed by atoms with Gasteiger partial charge in [-0.05, 0) is 20.8 Å². The van der Waals surface area contributed by atoms with Crippen LogP contribution in [0.5, 0.6) is 0 Å². The van der Waals surface area contributed by atoms with Crippen molar-refractivity contribution >= 4 is 5.78 Å². The minimum absolute atomic E-state index is 0.124. The SMILES string of the molecule is COC(C)OC1=C(C)OC(C)C1=O. The van der Waals surface area contributed by atoms with Gasteiger partial charge in [0.05, 0.1) is 0 Å². The molecule has 1 rings (SSSR count). The predicted molar refractivity (Wildman–Crippen MR) is 45.8 cm³/mol. The molecule has 0 fully saturated rings. The molecule has 1 aliphatic rings. The van der Waals surface area contributed by atoms with Gasteiger partial charge in [0.25, 0.3) is 0 Å². The summed E-state index contributed by atoms with van der Waals surface area (Å²) in [7, 11) is 1.52. The summed E-state index contributed by atoms with van der Waals surface area (Å²) in [6, 6.07) is 0. The molecular weight excluding hydrogens is 172 g/mol. The quantitative estimate of drug-likeness (QED) is 0.621. The van der Waals surface area contributed by atoms with E-state index in [-0.39, 0.29) is 11.5 Å². The molecule has 0 aromatic rings. The molecule has 0 saturated carbocycles. The number of allylic oxidation sites excluding steroid dienone is 1. The second-order valence-electron chi connectivity index (χ2n) is 2.93. The zero-order valence-corrected chi connectivity index (χ0v) is 8.29. The molecule has 74 valence electrons. The maximum atomic E-state index is 11.4. The fourth-order valence-electron chi connectivity index (χ4n) is 1.09. The fourth-order valence-corrected chi connectivity index (χ4v) is 1.09. The molecule has 0 aromatic heterocycles. The third-order valence-electron chi connectivity index (χ3n) is 1.88. The van der Waals surface area contributed by atoms with Gasteiger partial charge in [0.15, 0.2) is 12.4 Å². The first kappa shape index (κ1) is 10.1. The third kappa shape index (κ3) is 2.01. The lowest BCUT2D eigenvalue weighted by atomic mass is 10.2. The molecule has 13 heavy (non-hydrogen) atoms. The zero-order chi connectivity index (χ0) is 10.0. The Labute approximate surface area is 77.5 Å². The van der Waals surface area contributed by atoms with Crippen molar-refractivity contribution in [1.82, 2.24) is 0 Å². The van der Waals surface area contributed by atoms with Gasteiger partial charge in [-0.1, -0.05) is 0 Å². The van der Waals surface area contributed by atoms with Crippen LogP contribution in [0.15, 0.2) is 11.5 Å². The van der Waals surface area contributed by atoms with E-state index >= 15 is 0 Å².